The number of rotatable bonds is 8. The minimum Gasteiger partial charge on any atom is -0.497 e. The molecule has 0 fully saturated rings. The molecule has 6 heteroatoms. The predicted molar refractivity (Wildman–Crippen MR) is 110 cm³/mol. The van der Waals surface area contributed by atoms with Gasteiger partial charge in [0.25, 0.3) is 5.91 Å². The van der Waals surface area contributed by atoms with Gasteiger partial charge in [-0.3, -0.25) is 4.79 Å². The molecule has 3 aromatic rings. The van der Waals surface area contributed by atoms with Gasteiger partial charge in [0.1, 0.15) is 17.2 Å². The van der Waals surface area contributed by atoms with Crippen LogP contribution in [0.1, 0.15) is 16.1 Å². The van der Waals surface area contributed by atoms with Crippen LogP contribution < -0.4 is 20.1 Å². The van der Waals surface area contributed by atoms with Crippen molar-refractivity contribution in [2.45, 2.75) is 6.42 Å². The Kier molecular flexibility index (Phi) is 6.46. The highest BCUT2D eigenvalue weighted by molar-refractivity contribution is 6.03. The van der Waals surface area contributed by atoms with E-state index in [2.05, 4.69) is 15.6 Å². The Balaban J connectivity index is 1.53. The molecule has 0 aliphatic carbocycles. The summed E-state index contributed by atoms with van der Waals surface area (Å²) in [6.07, 6.45) is 2.53. The van der Waals surface area contributed by atoms with Crippen LogP contribution in [0.15, 0.2) is 66.9 Å². The van der Waals surface area contributed by atoms with Gasteiger partial charge in [-0.2, -0.15) is 0 Å². The van der Waals surface area contributed by atoms with Gasteiger partial charge in [0.2, 0.25) is 0 Å². The standard InChI is InChI=1S/C22H23N3O3/c1-27-18-10-7-16(8-11-18)13-14-23-17-9-12-20(24-15-17)22(26)25-19-5-3-4-6-21(19)28-2/h3-12,15,23H,13-14H2,1-2H3,(H,25,26). The first-order valence-electron chi connectivity index (χ1n) is 8.97. The summed E-state index contributed by atoms with van der Waals surface area (Å²) < 4.78 is 10.4. The highest BCUT2D eigenvalue weighted by Gasteiger charge is 2.10. The van der Waals surface area contributed by atoms with Gasteiger partial charge in [-0.25, -0.2) is 4.98 Å². The average Bonchev–Trinajstić information content (AvgIpc) is 2.75. The zero-order chi connectivity index (χ0) is 19.8. The molecule has 1 amide bonds. The van der Waals surface area contributed by atoms with Crippen LogP contribution >= 0.6 is 0 Å². The Hall–Kier alpha value is -3.54. The number of methoxy groups -OCH3 is 2. The third-order valence-electron chi connectivity index (χ3n) is 4.25. The van der Waals surface area contributed by atoms with E-state index in [0.717, 1.165) is 24.4 Å². The number of hydrogen-bond acceptors (Lipinski definition) is 5. The molecule has 0 atom stereocenters. The highest BCUT2D eigenvalue weighted by atomic mass is 16.5. The van der Waals surface area contributed by atoms with Crippen molar-refractivity contribution in [2.24, 2.45) is 0 Å². The van der Waals surface area contributed by atoms with Crippen LogP contribution in [0.4, 0.5) is 11.4 Å². The van der Waals surface area contributed by atoms with Gasteiger partial charge in [0, 0.05) is 6.54 Å². The third-order valence-corrected chi connectivity index (χ3v) is 4.25. The van der Waals surface area contributed by atoms with E-state index in [9.17, 15) is 4.79 Å². The van der Waals surface area contributed by atoms with Crippen molar-refractivity contribution < 1.29 is 14.3 Å². The number of amides is 1. The molecule has 144 valence electrons. The fourth-order valence-corrected chi connectivity index (χ4v) is 2.71. The number of ether oxygens (including phenoxy) is 2. The fraction of sp³-hybridized carbons (Fsp3) is 0.182. The lowest BCUT2D eigenvalue weighted by Crippen LogP contribution is -2.14. The largest absolute Gasteiger partial charge is 0.497 e. The first-order chi connectivity index (χ1) is 13.7. The number of nitrogens with zero attached hydrogens (tertiary/aromatic N) is 1. The molecule has 1 heterocycles. The number of benzene rings is 2. The number of carbonyl (C=O) groups is 1. The van der Waals surface area contributed by atoms with Crippen LogP contribution in [0, 0.1) is 0 Å². The second kappa shape index (κ2) is 9.41. The number of aromatic nitrogens is 1. The molecule has 2 aromatic carbocycles. The topological polar surface area (TPSA) is 72.5 Å². The quantitative estimate of drug-likeness (QED) is 0.621. The zero-order valence-corrected chi connectivity index (χ0v) is 15.9. The molecular formula is C22H23N3O3. The van der Waals surface area contributed by atoms with Gasteiger partial charge >= 0.3 is 0 Å². The van der Waals surface area contributed by atoms with Crippen molar-refractivity contribution in [2.75, 3.05) is 31.4 Å². The van der Waals surface area contributed by atoms with Crippen LogP contribution in [0.3, 0.4) is 0 Å². The van der Waals surface area contributed by atoms with Crippen molar-refractivity contribution in [3.05, 3.63) is 78.1 Å². The summed E-state index contributed by atoms with van der Waals surface area (Å²) >= 11 is 0. The normalized spacial score (nSPS) is 10.2. The molecule has 0 saturated heterocycles. The summed E-state index contributed by atoms with van der Waals surface area (Å²) in [4.78, 5) is 16.6. The first-order valence-corrected chi connectivity index (χ1v) is 8.97. The van der Waals surface area contributed by atoms with E-state index in [4.69, 9.17) is 9.47 Å². The van der Waals surface area contributed by atoms with E-state index < -0.39 is 0 Å². The molecule has 1 aromatic heterocycles. The Bertz CT molecular complexity index is 909. The Morgan fingerprint density at radius 3 is 2.43 bits per heavy atom. The molecule has 0 unspecified atom stereocenters. The molecule has 6 nitrogen and oxygen atoms in total. The van der Waals surface area contributed by atoms with Crippen LogP contribution in [-0.2, 0) is 6.42 Å². The number of anilines is 2. The molecule has 0 aliphatic rings. The van der Waals surface area contributed by atoms with Crippen LogP contribution in [0.5, 0.6) is 11.5 Å². The highest BCUT2D eigenvalue weighted by Crippen LogP contribution is 2.23. The van der Waals surface area contributed by atoms with Crippen molar-refractivity contribution in [3.63, 3.8) is 0 Å². The van der Waals surface area contributed by atoms with Crippen LogP contribution in [0.2, 0.25) is 0 Å². The van der Waals surface area contributed by atoms with Gasteiger partial charge in [0.15, 0.2) is 0 Å². The van der Waals surface area contributed by atoms with Crippen LogP contribution in [0.25, 0.3) is 0 Å². The van der Waals surface area contributed by atoms with Gasteiger partial charge in [-0.05, 0) is 48.4 Å². The SMILES string of the molecule is COc1ccc(CCNc2ccc(C(=O)Nc3ccccc3OC)nc2)cc1. The van der Waals surface area contributed by atoms with Crippen molar-refractivity contribution in [3.8, 4) is 11.5 Å². The van der Waals surface area contributed by atoms with E-state index in [0.29, 0.717) is 17.1 Å². The van der Waals surface area contributed by atoms with E-state index in [1.54, 1.807) is 38.6 Å². The summed E-state index contributed by atoms with van der Waals surface area (Å²) in [5, 5.41) is 6.12. The average molecular weight is 377 g/mol. The Morgan fingerprint density at radius 2 is 1.75 bits per heavy atom. The number of carbonyl (C=O) groups excluding carboxylic acids is 1. The second-order valence-corrected chi connectivity index (χ2v) is 6.11. The monoisotopic (exact) mass is 377 g/mol. The van der Waals surface area contributed by atoms with E-state index >= 15 is 0 Å². The smallest absolute Gasteiger partial charge is 0.274 e. The summed E-state index contributed by atoms with van der Waals surface area (Å²) in [6.45, 7) is 0.765. The summed E-state index contributed by atoms with van der Waals surface area (Å²) in [6, 6.07) is 18.8. The minimum atomic E-state index is -0.283. The number of para-hydroxylation sites is 2. The number of nitrogens with one attached hydrogen (secondary N) is 2. The van der Waals surface area contributed by atoms with Gasteiger partial charge in [-0.1, -0.05) is 24.3 Å². The molecule has 28 heavy (non-hydrogen) atoms. The van der Waals surface area contributed by atoms with E-state index in [1.807, 2.05) is 42.5 Å². The second-order valence-electron chi connectivity index (χ2n) is 6.11. The van der Waals surface area contributed by atoms with E-state index in [-0.39, 0.29) is 5.91 Å². The molecule has 0 bridgehead atoms. The minimum absolute atomic E-state index is 0.283. The fourth-order valence-electron chi connectivity index (χ4n) is 2.71. The lowest BCUT2D eigenvalue weighted by atomic mass is 10.1. The summed E-state index contributed by atoms with van der Waals surface area (Å²) in [5.41, 5.74) is 3.03. The Labute approximate surface area is 164 Å². The van der Waals surface area contributed by atoms with Gasteiger partial charge in [-0.15, -0.1) is 0 Å². The third kappa shape index (κ3) is 5.01. The number of pyridine rings is 1. The van der Waals surface area contributed by atoms with Gasteiger partial charge < -0.3 is 20.1 Å². The first kappa shape index (κ1) is 19.2. The maximum atomic E-state index is 12.4. The van der Waals surface area contributed by atoms with Crippen molar-refractivity contribution in [1.29, 1.82) is 0 Å². The Morgan fingerprint density at radius 1 is 0.964 bits per heavy atom. The lowest BCUT2D eigenvalue weighted by Gasteiger charge is -2.10. The van der Waals surface area contributed by atoms with Crippen LogP contribution in [-0.4, -0.2) is 31.7 Å². The molecule has 0 spiro atoms. The maximum Gasteiger partial charge on any atom is 0.274 e. The molecule has 0 radical (unpaired) electrons. The number of hydrogen-bond donors (Lipinski definition) is 2. The zero-order valence-electron chi connectivity index (χ0n) is 15.9. The lowest BCUT2D eigenvalue weighted by molar-refractivity contribution is 0.102. The van der Waals surface area contributed by atoms with Gasteiger partial charge in [0.05, 0.1) is 31.8 Å². The summed E-state index contributed by atoms with van der Waals surface area (Å²) in [5.74, 6) is 1.17. The van der Waals surface area contributed by atoms with Crippen molar-refractivity contribution >= 4 is 17.3 Å². The van der Waals surface area contributed by atoms with E-state index in [1.165, 1.54) is 5.56 Å². The summed E-state index contributed by atoms with van der Waals surface area (Å²) in [7, 11) is 3.22. The predicted octanol–water partition coefficient (Wildman–Crippen LogP) is 4.01. The maximum absolute atomic E-state index is 12.4. The van der Waals surface area contributed by atoms with Crippen molar-refractivity contribution in [1.82, 2.24) is 4.98 Å². The molecule has 0 aliphatic heterocycles. The molecule has 2 N–H and O–H groups in total. The molecule has 3 rings (SSSR count). The molecule has 0 saturated carbocycles. The molecular weight excluding hydrogens is 354 g/mol.